The van der Waals surface area contributed by atoms with Crippen LogP contribution in [-0.4, -0.2) is 42.2 Å². The van der Waals surface area contributed by atoms with Crippen LogP contribution in [0.4, 0.5) is 5.82 Å². The van der Waals surface area contributed by atoms with Crippen molar-refractivity contribution in [2.45, 2.75) is 13.8 Å². The maximum absolute atomic E-state index is 12.1. The number of nitrogens with zero attached hydrogens (tertiary/aromatic N) is 2. The summed E-state index contributed by atoms with van der Waals surface area (Å²) in [6.07, 6.45) is 8.16. The molecule has 0 saturated carbocycles. The van der Waals surface area contributed by atoms with Gasteiger partial charge in [0.25, 0.3) is 5.91 Å². The lowest BCUT2D eigenvalue weighted by Gasteiger charge is -2.11. The van der Waals surface area contributed by atoms with Crippen molar-refractivity contribution in [1.29, 1.82) is 5.41 Å². The number of nitrogens with one attached hydrogen (secondary N) is 4. The Kier molecular flexibility index (Phi) is 7.32. The van der Waals surface area contributed by atoms with Gasteiger partial charge in [0.05, 0.1) is 5.56 Å². The molecule has 0 spiro atoms. The number of hydrogen-bond donors (Lipinski definition) is 4. The summed E-state index contributed by atoms with van der Waals surface area (Å²) in [5.41, 5.74) is 1.54. The molecule has 1 aromatic heterocycles. The Morgan fingerprint density at radius 3 is 2.82 bits per heavy atom. The van der Waals surface area contributed by atoms with Crippen molar-refractivity contribution >= 4 is 17.9 Å². The van der Waals surface area contributed by atoms with Gasteiger partial charge in [-0.3, -0.25) is 4.79 Å². The van der Waals surface area contributed by atoms with Crippen LogP contribution in [0, 0.1) is 5.41 Å². The quantitative estimate of drug-likeness (QED) is 0.614. The smallest absolute Gasteiger partial charge is 0.271 e. The number of aromatic nitrogens is 2. The molecule has 0 aromatic carbocycles. The van der Waals surface area contributed by atoms with Crippen LogP contribution in [0.25, 0.3) is 0 Å². The standard InChI is InChI=1S/C13H16N6O.C2H6/c1-15-12-10(5-14)11(18-8-19-12)13(20)17-7-9-3-2-4-16-6-9;1-2/h2-3,5-6,8,14,16H,4,7H2,1H3,(H,17,20)(H,15,18,19);1-2H3. The van der Waals surface area contributed by atoms with Gasteiger partial charge >= 0.3 is 0 Å². The lowest BCUT2D eigenvalue weighted by atomic mass is 10.2. The fraction of sp³-hybridized carbons (Fsp3) is 0.333. The van der Waals surface area contributed by atoms with Gasteiger partial charge in [-0.1, -0.05) is 26.0 Å². The van der Waals surface area contributed by atoms with Crippen LogP contribution in [0.2, 0.25) is 0 Å². The minimum Gasteiger partial charge on any atom is -0.387 e. The van der Waals surface area contributed by atoms with E-state index in [9.17, 15) is 4.79 Å². The van der Waals surface area contributed by atoms with Crippen molar-refractivity contribution in [3.05, 3.63) is 41.5 Å². The highest BCUT2D eigenvalue weighted by Crippen LogP contribution is 2.12. The first-order chi connectivity index (χ1) is 10.8. The van der Waals surface area contributed by atoms with Crippen LogP contribution in [-0.2, 0) is 0 Å². The van der Waals surface area contributed by atoms with Crippen LogP contribution >= 0.6 is 0 Å². The van der Waals surface area contributed by atoms with E-state index in [0.717, 1.165) is 18.3 Å². The van der Waals surface area contributed by atoms with Crippen molar-refractivity contribution in [3.8, 4) is 0 Å². The molecule has 0 bridgehead atoms. The lowest BCUT2D eigenvalue weighted by Crippen LogP contribution is -2.29. The molecule has 1 aromatic rings. The molecule has 0 atom stereocenters. The molecule has 1 aliphatic rings. The SMILES string of the molecule is CC.CNc1ncnc(C(=O)NCC2=CNCC=C2)c1C=N. The zero-order valence-electron chi connectivity index (χ0n) is 13.1. The average molecular weight is 302 g/mol. The Balaban J connectivity index is 0.00000116. The summed E-state index contributed by atoms with van der Waals surface area (Å²) >= 11 is 0. The van der Waals surface area contributed by atoms with Gasteiger partial charge in [0.1, 0.15) is 17.8 Å². The van der Waals surface area contributed by atoms with Crippen molar-refractivity contribution < 1.29 is 4.79 Å². The monoisotopic (exact) mass is 302 g/mol. The highest BCUT2D eigenvalue weighted by Gasteiger charge is 2.15. The summed E-state index contributed by atoms with van der Waals surface area (Å²) in [5, 5.41) is 16.1. The van der Waals surface area contributed by atoms with Gasteiger partial charge in [0.15, 0.2) is 0 Å². The van der Waals surface area contributed by atoms with Crippen LogP contribution in [0.3, 0.4) is 0 Å². The zero-order chi connectivity index (χ0) is 16.4. The molecule has 7 nitrogen and oxygen atoms in total. The molecule has 1 amide bonds. The van der Waals surface area contributed by atoms with Crippen molar-refractivity contribution in [3.63, 3.8) is 0 Å². The van der Waals surface area contributed by atoms with Crippen LogP contribution in [0.15, 0.2) is 30.3 Å². The first-order valence-electron chi connectivity index (χ1n) is 7.16. The summed E-state index contributed by atoms with van der Waals surface area (Å²) in [5.74, 6) is 0.126. The van der Waals surface area contributed by atoms with Crippen LogP contribution < -0.4 is 16.0 Å². The first kappa shape index (κ1) is 17.4. The second-order valence-electron chi connectivity index (χ2n) is 4.09. The molecular weight excluding hydrogens is 280 g/mol. The number of rotatable bonds is 5. The van der Waals surface area contributed by atoms with E-state index in [4.69, 9.17) is 5.41 Å². The van der Waals surface area contributed by atoms with Gasteiger partial charge in [0, 0.05) is 32.6 Å². The molecule has 2 rings (SSSR count). The Bertz CT molecular complexity index is 579. The molecule has 1 aliphatic heterocycles. The summed E-state index contributed by atoms with van der Waals surface area (Å²) in [6, 6.07) is 0. The number of hydrogen-bond acceptors (Lipinski definition) is 6. The van der Waals surface area contributed by atoms with E-state index in [1.807, 2.05) is 32.2 Å². The largest absolute Gasteiger partial charge is 0.387 e. The molecule has 0 aliphatic carbocycles. The van der Waals surface area contributed by atoms with Crippen molar-refractivity contribution in [2.24, 2.45) is 0 Å². The number of carbonyl (C=O) groups is 1. The third kappa shape index (κ3) is 4.41. The van der Waals surface area contributed by atoms with Gasteiger partial charge in [-0.05, 0) is 5.57 Å². The molecule has 0 radical (unpaired) electrons. The fourth-order valence-electron chi connectivity index (χ4n) is 1.80. The average Bonchev–Trinajstić information content (AvgIpc) is 2.61. The van der Waals surface area contributed by atoms with E-state index in [-0.39, 0.29) is 11.6 Å². The highest BCUT2D eigenvalue weighted by molar-refractivity contribution is 6.02. The molecule has 2 heterocycles. The number of amides is 1. The Labute approximate surface area is 130 Å². The summed E-state index contributed by atoms with van der Waals surface area (Å²) in [7, 11) is 1.68. The van der Waals surface area contributed by atoms with Crippen LogP contribution in [0.1, 0.15) is 29.9 Å². The topological polar surface area (TPSA) is 103 Å². The summed E-state index contributed by atoms with van der Waals surface area (Å²) < 4.78 is 0. The normalized spacial score (nSPS) is 12.2. The van der Waals surface area contributed by atoms with E-state index < -0.39 is 0 Å². The minimum atomic E-state index is -0.331. The van der Waals surface area contributed by atoms with Gasteiger partial charge < -0.3 is 21.4 Å². The third-order valence-electron chi connectivity index (χ3n) is 2.79. The molecule has 118 valence electrons. The van der Waals surface area contributed by atoms with E-state index in [1.54, 1.807) is 7.05 Å². The molecular formula is C15H22N6O. The number of carbonyl (C=O) groups excluding carboxylic acids is 1. The van der Waals surface area contributed by atoms with Crippen LogP contribution in [0.5, 0.6) is 0 Å². The summed E-state index contributed by atoms with van der Waals surface area (Å²) in [6.45, 7) is 5.20. The molecule has 0 unspecified atom stereocenters. The molecule has 0 saturated heterocycles. The third-order valence-corrected chi connectivity index (χ3v) is 2.79. The molecule has 4 N–H and O–H groups in total. The van der Waals surface area contributed by atoms with Crippen molar-refractivity contribution in [2.75, 3.05) is 25.5 Å². The molecule has 7 heteroatoms. The molecule has 22 heavy (non-hydrogen) atoms. The lowest BCUT2D eigenvalue weighted by molar-refractivity contribution is 0.0952. The Morgan fingerprint density at radius 2 is 2.23 bits per heavy atom. The van der Waals surface area contributed by atoms with Gasteiger partial charge in [-0.2, -0.15) is 0 Å². The molecule has 0 fully saturated rings. The Morgan fingerprint density at radius 1 is 1.45 bits per heavy atom. The second kappa shape index (κ2) is 9.28. The van der Waals surface area contributed by atoms with E-state index in [1.165, 1.54) is 6.33 Å². The van der Waals surface area contributed by atoms with Gasteiger partial charge in [-0.25, -0.2) is 9.97 Å². The Hall–Kier alpha value is -2.70. The first-order valence-corrected chi connectivity index (χ1v) is 7.16. The minimum absolute atomic E-state index is 0.188. The predicted molar refractivity (Wildman–Crippen MR) is 88.4 cm³/mol. The van der Waals surface area contributed by atoms with Crippen molar-refractivity contribution in [1.82, 2.24) is 20.6 Å². The zero-order valence-corrected chi connectivity index (χ0v) is 13.1. The fourth-order valence-corrected chi connectivity index (χ4v) is 1.80. The number of anilines is 1. The second-order valence-corrected chi connectivity index (χ2v) is 4.09. The maximum atomic E-state index is 12.1. The van der Waals surface area contributed by atoms with Gasteiger partial charge in [0.2, 0.25) is 0 Å². The predicted octanol–water partition coefficient (Wildman–Crippen LogP) is 1.32. The van der Waals surface area contributed by atoms with E-state index in [2.05, 4.69) is 25.9 Å². The van der Waals surface area contributed by atoms with Gasteiger partial charge in [-0.15, -0.1) is 0 Å². The van der Waals surface area contributed by atoms with E-state index >= 15 is 0 Å². The number of dihydropyridines is 1. The summed E-state index contributed by atoms with van der Waals surface area (Å²) in [4.78, 5) is 20.1. The maximum Gasteiger partial charge on any atom is 0.271 e. The van der Waals surface area contributed by atoms with E-state index in [0.29, 0.717) is 17.9 Å². The highest BCUT2D eigenvalue weighted by atomic mass is 16.1.